The number of rotatable bonds is 0. The first-order chi connectivity index (χ1) is 0. The maximum atomic E-state index is 0. The van der Waals surface area contributed by atoms with Gasteiger partial charge in [0.1, 0.15) is 0 Å². The van der Waals surface area contributed by atoms with E-state index < -0.39 is 0 Å². The van der Waals surface area contributed by atoms with E-state index in [1.807, 2.05) is 0 Å². The molecule has 0 aliphatic carbocycles. The van der Waals surface area contributed by atoms with Crippen LogP contribution in [0, 0.1) is 0 Å². The van der Waals surface area contributed by atoms with E-state index in [4.69, 9.17) is 0 Å². The topological polar surface area (TPSA) is 0 Å². The second-order valence-corrected chi connectivity index (χ2v) is 0. The molecule has 0 fully saturated rings. The van der Waals surface area contributed by atoms with Gasteiger partial charge in [0, 0.05) is 0 Å². The molecule has 0 aromatic carbocycles. The Morgan fingerprint density at radius 1 is 0.500 bits per heavy atom. The van der Waals surface area contributed by atoms with Crippen molar-refractivity contribution in [2.45, 2.75) is 0 Å². The minimum absolute atomic E-state index is 0. The van der Waals surface area contributed by atoms with E-state index >= 15 is 0 Å². The minimum atomic E-state index is 0. The Bertz CT molecular complexity index is 7.51. The van der Waals surface area contributed by atoms with Crippen molar-refractivity contribution < 1.29 is 49.0 Å². The van der Waals surface area contributed by atoms with Crippen LogP contribution in [0.15, 0.2) is 0 Å². The van der Waals surface area contributed by atoms with Crippen LogP contribution in [0.3, 0.4) is 0 Å². The van der Waals surface area contributed by atoms with Gasteiger partial charge >= 0.3 is 49.0 Å². The molecule has 0 aromatic rings. The Balaban J connectivity index is 0. The van der Waals surface area contributed by atoms with Crippen LogP contribution in [0.2, 0.25) is 0 Å². The quantitative estimate of drug-likeness (QED) is 0.329. The molecule has 0 atom stereocenters. The van der Waals surface area contributed by atoms with Crippen LogP contribution in [0.25, 0.3) is 0 Å². The fourth-order valence-electron chi connectivity index (χ4n) is 0. The smallest absolute Gasteiger partial charge is 0.0626 e. The van der Waals surface area contributed by atoms with Crippen LogP contribution in [0.5, 0.6) is 0 Å². The van der Waals surface area contributed by atoms with Crippen LogP contribution in [-0.2, 0) is 19.5 Å². The van der Waals surface area contributed by atoms with Gasteiger partial charge in [0.05, 0.1) is 0 Å². The fraction of sp³-hybridized carbons (Fsp3) is 0. The van der Waals surface area contributed by atoms with Crippen molar-refractivity contribution >= 4 is 33.7 Å². The molecule has 0 heterocycles. The second kappa shape index (κ2) is 67.2. The van der Waals surface area contributed by atoms with E-state index in [0.717, 1.165) is 0 Å². The summed E-state index contributed by atoms with van der Waals surface area (Å²) < 4.78 is 0. The Kier molecular flexibility index (Phi) is 1180. The predicted molar refractivity (Wildman–Crippen MR) is 45.3 cm³/mol. The van der Waals surface area contributed by atoms with Crippen LogP contribution >= 0.6 is 0 Å². The van der Waals surface area contributed by atoms with Gasteiger partial charge < -0.3 is 0 Å². The molecule has 0 aliphatic rings. The maximum Gasteiger partial charge on any atom is 3.00 e. The Labute approximate surface area is 82.0 Å². The summed E-state index contributed by atoms with van der Waals surface area (Å²) in [5.74, 6) is 0. The summed E-state index contributed by atoms with van der Waals surface area (Å²) in [5, 5.41) is 0. The molecule has 0 unspecified atom stereocenters. The predicted octanol–water partition coefficient (Wildman–Crippen LogP) is -8.80. The largest absolute Gasteiger partial charge is 3.00 e. The van der Waals surface area contributed by atoms with Crippen LogP contribution in [-0.4, -0.2) is 33.7 Å². The van der Waals surface area contributed by atoms with Crippen LogP contribution < -0.4 is 29.6 Å². The van der Waals surface area contributed by atoms with Crippen molar-refractivity contribution in [3.8, 4) is 0 Å². The van der Waals surface area contributed by atoms with Crippen LogP contribution in [0.1, 0.15) is 0 Å². The molecule has 6 heteroatoms. The molecule has 0 bridgehead atoms. The summed E-state index contributed by atoms with van der Waals surface area (Å²) in [5.41, 5.74) is 0. The molecule has 0 amide bonds. The van der Waals surface area contributed by atoms with Gasteiger partial charge in [-0.3, -0.25) is 0 Å². The minimum Gasteiger partial charge on any atom is -0.0626 e. The zero-order valence-corrected chi connectivity index (χ0v) is 4.97. The third-order valence-corrected chi connectivity index (χ3v) is 0. The van der Waals surface area contributed by atoms with E-state index in [1.54, 1.807) is 0 Å². The number of hydrogen-bond acceptors (Lipinski definition) is 0. The molecule has 0 saturated heterocycles. The van der Waals surface area contributed by atoms with E-state index in [-0.39, 0.29) is 82.7 Å². The molecule has 0 saturated carbocycles. The second-order valence-electron chi connectivity index (χ2n) is 0. The van der Waals surface area contributed by atoms with Crippen molar-refractivity contribution in [3.05, 3.63) is 0 Å². The molecule has 0 nitrogen and oxygen atoms in total. The average Bonchev–Trinajstić information content (AvgIpc) is 0. The summed E-state index contributed by atoms with van der Waals surface area (Å²) in [4.78, 5) is 0. The summed E-state index contributed by atoms with van der Waals surface area (Å²) in [6.07, 6.45) is 0. The van der Waals surface area contributed by atoms with Gasteiger partial charge in [-0.2, -0.15) is 0 Å². The van der Waals surface area contributed by atoms with Crippen molar-refractivity contribution in [1.82, 2.24) is 0 Å². The summed E-state index contributed by atoms with van der Waals surface area (Å²) in [7, 11) is 0. The first-order valence-electron chi connectivity index (χ1n) is 0. The zero-order valence-electron chi connectivity index (χ0n) is 1.33. The summed E-state index contributed by atoms with van der Waals surface area (Å²) in [6.45, 7) is 0. The molecular weight excluding hydrogens is 169 g/mol. The Morgan fingerprint density at radius 3 is 0.500 bits per heavy atom. The Morgan fingerprint density at radius 2 is 0.500 bits per heavy atom. The number of hydrogen-bond donors (Lipinski definition) is 0. The summed E-state index contributed by atoms with van der Waals surface area (Å²) in [6, 6.07) is 0. The molecule has 0 rings (SSSR count). The van der Waals surface area contributed by atoms with Gasteiger partial charge in [-0.25, -0.2) is 0 Å². The fourth-order valence-corrected chi connectivity index (χ4v) is 0. The van der Waals surface area contributed by atoms with Crippen molar-refractivity contribution in [2.75, 3.05) is 0 Å². The summed E-state index contributed by atoms with van der Waals surface area (Å²) >= 11 is 0. The normalized spacial score (nSPS) is 0. The standard InChI is InChI=1S/4BH4.Na.Rh/h4*1H4;;/q4*-1;+1;+3. The molecular formula is H16B4NaRh. The van der Waals surface area contributed by atoms with Crippen molar-refractivity contribution in [3.63, 3.8) is 0 Å². The van der Waals surface area contributed by atoms with E-state index in [1.165, 1.54) is 0 Å². The zero-order chi connectivity index (χ0) is 0. The molecule has 0 N–H and O–H groups in total. The van der Waals surface area contributed by atoms with E-state index in [0.29, 0.717) is 0 Å². The van der Waals surface area contributed by atoms with Gasteiger partial charge in [0.25, 0.3) is 0 Å². The van der Waals surface area contributed by atoms with Gasteiger partial charge in [-0.1, -0.05) is 33.7 Å². The van der Waals surface area contributed by atoms with Gasteiger partial charge in [-0.05, 0) is 0 Å². The van der Waals surface area contributed by atoms with Crippen molar-refractivity contribution in [2.24, 2.45) is 0 Å². The average molecular weight is 185 g/mol. The van der Waals surface area contributed by atoms with Gasteiger partial charge in [0.2, 0.25) is 0 Å². The molecule has 0 radical (unpaired) electrons. The van der Waals surface area contributed by atoms with Gasteiger partial charge in [-0.15, -0.1) is 0 Å². The first-order valence-corrected chi connectivity index (χ1v) is 0. The van der Waals surface area contributed by atoms with Gasteiger partial charge in [0.15, 0.2) is 0 Å². The monoisotopic (exact) mass is 186 g/mol. The third-order valence-electron chi connectivity index (χ3n) is 0. The SMILES string of the molecule is [BH4-].[BH4-].[BH4-].[BH4-].[Na+].[Rh+3]. The Hall–Kier alpha value is 1.88. The van der Waals surface area contributed by atoms with E-state index in [2.05, 4.69) is 0 Å². The van der Waals surface area contributed by atoms with Crippen molar-refractivity contribution in [1.29, 1.82) is 0 Å². The first kappa shape index (κ1) is 105. The molecule has 38 valence electrons. The molecule has 0 spiro atoms. The molecule has 0 aliphatic heterocycles. The van der Waals surface area contributed by atoms with Crippen LogP contribution in [0.4, 0.5) is 0 Å². The molecule has 0 aromatic heterocycles. The molecule has 6 heavy (non-hydrogen) atoms. The third kappa shape index (κ3) is 39.6. The van der Waals surface area contributed by atoms with E-state index in [9.17, 15) is 0 Å². The maximum absolute atomic E-state index is 0.